The summed E-state index contributed by atoms with van der Waals surface area (Å²) in [6, 6.07) is 28.1. The van der Waals surface area contributed by atoms with Gasteiger partial charge in [0.25, 0.3) is 11.8 Å². The lowest BCUT2D eigenvalue weighted by molar-refractivity contribution is -0.114. The molecule has 2 aliphatic rings. The maximum atomic E-state index is 14.1. The van der Waals surface area contributed by atoms with Gasteiger partial charge in [-0.2, -0.15) is 0 Å². The summed E-state index contributed by atoms with van der Waals surface area (Å²) in [4.78, 5) is 34.4. The Labute approximate surface area is 266 Å². The molecule has 1 N–H and O–H groups in total. The van der Waals surface area contributed by atoms with Crippen molar-refractivity contribution in [1.29, 1.82) is 0 Å². The number of nitrogens with one attached hydrogen (secondary N) is 1. The number of piperazine rings is 1. The van der Waals surface area contributed by atoms with Crippen molar-refractivity contribution in [3.8, 4) is 0 Å². The second-order valence-electron chi connectivity index (χ2n) is 11.1. The Kier molecular flexibility index (Phi) is 9.57. The summed E-state index contributed by atoms with van der Waals surface area (Å²) < 4.78 is 27.7. The van der Waals surface area contributed by atoms with Gasteiger partial charge in [-0.1, -0.05) is 66.4 Å². The van der Waals surface area contributed by atoms with E-state index in [1.165, 1.54) is 30.0 Å². The number of fused-ring (bicyclic) bond motifs is 1. The fourth-order valence-electron chi connectivity index (χ4n) is 5.61. The molecular weight excluding hydrogens is 590 g/mol. The van der Waals surface area contributed by atoms with Gasteiger partial charge in [0.2, 0.25) is 0 Å². The van der Waals surface area contributed by atoms with E-state index in [1.807, 2.05) is 54.6 Å². The maximum Gasteiger partial charge on any atom is 0.265 e. The van der Waals surface area contributed by atoms with Crippen molar-refractivity contribution in [3.05, 3.63) is 130 Å². The van der Waals surface area contributed by atoms with Crippen LogP contribution in [-0.2, 0) is 11.3 Å². The zero-order valence-corrected chi connectivity index (χ0v) is 25.6. The Hall–Kier alpha value is -4.47. The summed E-state index contributed by atoms with van der Waals surface area (Å²) in [6.07, 6.45) is 2.66. The third kappa shape index (κ3) is 7.44. The van der Waals surface area contributed by atoms with E-state index in [9.17, 15) is 18.4 Å². The van der Waals surface area contributed by atoms with Crippen LogP contribution in [-0.4, -0.2) is 56.0 Å². The molecule has 1 saturated heterocycles. The molecule has 2 heterocycles. The Morgan fingerprint density at radius 3 is 2.33 bits per heavy atom. The number of halogens is 2. The van der Waals surface area contributed by atoms with E-state index < -0.39 is 0 Å². The van der Waals surface area contributed by atoms with Crippen molar-refractivity contribution in [2.24, 2.45) is 0 Å². The molecule has 0 unspecified atom stereocenters. The highest BCUT2D eigenvalue weighted by Crippen LogP contribution is 2.43. The molecule has 0 bridgehead atoms. The minimum absolute atomic E-state index is 0.173. The molecule has 2 aliphatic heterocycles. The van der Waals surface area contributed by atoms with Crippen LogP contribution >= 0.6 is 11.8 Å². The first-order valence-corrected chi connectivity index (χ1v) is 15.9. The van der Waals surface area contributed by atoms with E-state index in [0.717, 1.165) is 55.2 Å². The molecule has 0 spiro atoms. The lowest BCUT2D eigenvalue weighted by atomic mass is 10.1. The van der Waals surface area contributed by atoms with Crippen molar-refractivity contribution in [1.82, 2.24) is 10.2 Å². The van der Waals surface area contributed by atoms with Gasteiger partial charge in [-0.15, -0.1) is 0 Å². The van der Waals surface area contributed by atoms with Crippen LogP contribution in [0.5, 0.6) is 0 Å². The summed E-state index contributed by atoms with van der Waals surface area (Å²) >= 11 is 1.38. The smallest absolute Gasteiger partial charge is 0.265 e. The van der Waals surface area contributed by atoms with Crippen LogP contribution in [0.3, 0.4) is 0 Å². The maximum absolute atomic E-state index is 14.1. The van der Waals surface area contributed by atoms with Crippen molar-refractivity contribution < 1.29 is 18.4 Å². The van der Waals surface area contributed by atoms with Gasteiger partial charge >= 0.3 is 0 Å². The second kappa shape index (κ2) is 14.1. The first kappa shape index (κ1) is 30.6. The fourth-order valence-corrected chi connectivity index (χ4v) is 6.65. The number of anilines is 2. The van der Waals surface area contributed by atoms with Crippen LogP contribution in [0.25, 0.3) is 6.08 Å². The predicted molar refractivity (Wildman–Crippen MR) is 176 cm³/mol. The number of hydrogen-bond donors (Lipinski definition) is 1. The second-order valence-corrected chi connectivity index (χ2v) is 12.2. The average Bonchev–Trinajstić information content (AvgIpc) is 3.07. The van der Waals surface area contributed by atoms with Gasteiger partial charge in [0.1, 0.15) is 11.6 Å². The van der Waals surface area contributed by atoms with Crippen LogP contribution in [0, 0.1) is 11.6 Å². The fraction of sp³-hybridized carbons (Fsp3) is 0.222. The standard InChI is InChI=1S/C36H34F2N4O2S/c37-29-14-11-27(12-15-29)25-42-32-24-28(13-16-33(32)45-34(36(42)44)23-26-7-2-1-3-8-26)35(43)39-17-6-18-40-19-21-41(22-20-40)31-10-5-4-9-30(31)38/h1-5,7-16,23-24H,6,17-22,25H2,(H,39,43)/b34-23-. The van der Waals surface area contributed by atoms with Crippen molar-refractivity contribution in [2.75, 3.05) is 49.1 Å². The highest BCUT2D eigenvalue weighted by molar-refractivity contribution is 8.04. The first-order chi connectivity index (χ1) is 21.9. The first-order valence-electron chi connectivity index (χ1n) is 15.1. The number of thioether (sulfide) groups is 1. The van der Waals surface area contributed by atoms with Gasteiger partial charge in [-0.3, -0.25) is 14.5 Å². The molecule has 6 rings (SSSR count). The molecule has 2 amide bonds. The summed E-state index contributed by atoms with van der Waals surface area (Å²) in [7, 11) is 0. The van der Waals surface area contributed by atoms with Crippen molar-refractivity contribution in [2.45, 2.75) is 17.9 Å². The Bertz CT molecular complexity index is 1690. The van der Waals surface area contributed by atoms with Gasteiger partial charge < -0.3 is 15.1 Å². The molecule has 0 atom stereocenters. The molecule has 9 heteroatoms. The van der Waals surface area contributed by atoms with E-state index in [4.69, 9.17) is 0 Å². The SMILES string of the molecule is O=C(NCCCN1CCN(c2ccccc2F)CC1)c1ccc2c(c1)N(Cc1ccc(F)cc1)C(=O)/C(=C/c1ccccc1)S2. The Morgan fingerprint density at radius 1 is 0.844 bits per heavy atom. The number of para-hydroxylation sites is 1. The molecule has 0 saturated carbocycles. The van der Waals surface area contributed by atoms with Gasteiger partial charge in [0, 0.05) is 43.2 Å². The van der Waals surface area contributed by atoms with Crippen LogP contribution in [0.15, 0.2) is 107 Å². The number of amides is 2. The van der Waals surface area contributed by atoms with Crippen LogP contribution in [0.4, 0.5) is 20.2 Å². The van der Waals surface area contributed by atoms with Crippen LogP contribution in [0.1, 0.15) is 27.9 Å². The third-order valence-electron chi connectivity index (χ3n) is 8.04. The Balaban J connectivity index is 1.09. The predicted octanol–water partition coefficient (Wildman–Crippen LogP) is 6.59. The quantitative estimate of drug-likeness (QED) is 0.168. The molecule has 45 heavy (non-hydrogen) atoms. The minimum Gasteiger partial charge on any atom is -0.367 e. The summed E-state index contributed by atoms with van der Waals surface area (Å²) in [6.45, 7) is 4.79. The molecule has 0 aliphatic carbocycles. The van der Waals surface area contributed by atoms with Crippen molar-refractivity contribution >= 4 is 41.0 Å². The van der Waals surface area contributed by atoms with Crippen LogP contribution < -0.4 is 15.1 Å². The molecule has 6 nitrogen and oxygen atoms in total. The highest BCUT2D eigenvalue weighted by atomic mass is 32.2. The molecule has 230 valence electrons. The summed E-state index contributed by atoms with van der Waals surface area (Å²) in [5.41, 5.74) is 3.47. The van der Waals surface area contributed by atoms with E-state index in [1.54, 1.807) is 35.2 Å². The zero-order valence-electron chi connectivity index (χ0n) is 24.8. The number of carbonyl (C=O) groups is 2. The zero-order chi connectivity index (χ0) is 31.2. The average molecular weight is 625 g/mol. The number of carbonyl (C=O) groups excluding carboxylic acids is 2. The molecule has 0 radical (unpaired) electrons. The number of rotatable bonds is 9. The largest absolute Gasteiger partial charge is 0.367 e. The topological polar surface area (TPSA) is 55.9 Å². The lowest BCUT2D eigenvalue weighted by Crippen LogP contribution is -2.47. The van der Waals surface area contributed by atoms with E-state index >= 15 is 0 Å². The van der Waals surface area contributed by atoms with Gasteiger partial charge in [-0.25, -0.2) is 8.78 Å². The van der Waals surface area contributed by atoms with E-state index in [2.05, 4.69) is 15.1 Å². The number of hydrogen-bond acceptors (Lipinski definition) is 5. The molecule has 4 aromatic carbocycles. The molecule has 1 fully saturated rings. The summed E-state index contributed by atoms with van der Waals surface area (Å²) in [5.74, 6) is -0.907. The van der Waals surface area contributed by atoms with Gasteiger partial charge in [-0.05, 0) is 72.6 Å². The third-order valence-corrected chi connectivity index (χ3v) is 9.12. The van der Waals surface area contributed by atoms with Gasteiger partial charge in [0.15, 0.2) is 0 Å². The molecule has 0 aromatic heterocycles. The molecular formula is C36H34F2N4O2S. The highest BCUT2D eigenvalue weighted by Gasteiger charge is 2.30. The number of benzene rings is 4. The van der Waals surface area contributed by atoms with Crippen LogP contribution in [0.2, 0.25) is 0 Å². The van der Waals surface area contributed by atoms with Crippen molar-refractivity contribution in [3.63, 3.8) is 0 Å². The summed E-state index contributed by atoms with van der Waals surface area (Å²) in [5, 5.41) is 3.02. The normalized spacial score (nSPS) is 16.1. The minimum atomic E-state index is -0.340. The Morgan fingerprint density at radius 2 is 1.58 bits per heavy atom. The van der Waals surface area contributed by atoms with E-state index in [-0.39, 0.29) is 30.0 Å². The molecule has 4 aromatic rings. The number of nitrogens with zero attached hydrogens (tertiary/aromatic N) is 3. The monoisotopic (exact) mass is 624 g/mol. The van der Waals surface area contributed by atoms with Gasteiger partial charge in [0.05, 0.1) is 22.8 Å². The lowest BCUT2D eigenvalue weighted by Gasteiger charge is -2.36. The van der Waals surface area contributed by atoms with E-state index in [0.29, 0.717) is 28.4 Å².